The Morgan fingerprint density at radius 1 is 0.594 bits per heavy atom. The first-order chi connectivity index (χ1) is 14.4. The summed E-state index contributed by atoms with van der Waals surface area (Å²) in [5.41, 5.74) is -1.98. The highest BCUT2D eigenvalue weighted by atomic mass is 19.4. The van der Waals surface area contributed by atoms with E-state index in [0.717, 1.165) is 52.0 Å². The predicted octanol–water partition coefficient (Wildman–Crippen LogP) is 8.46. The van der Waals surface area contributed by atoms with Gasteiger partial charge in [-0.15, -0.1) is 0 Å². The third kappa shape index (κ3) is 6.88. The van der Waals surface area contributed by atoms with E-state index in [4.69, 9.17) is 0 Å². The van der Waals surface area contributed by atoms with Crippen LogP contribution in [0.5, 0.6) is 0 Å². The molecule has 0 bridgehead atoms. The van der Waals surface area contributed by atoms with Crippen molar-refractivity contribution in [3.63, 3.8) is 0 Å². The van der Waals surface area contributed by atoms with E-state index < -0.39 is 35.6 Å². The molecule has 0 saturated heterocycles. The van der Waals surface area contributed by atoms with Crippen molar-refractivity contribution in [3.05, 3.63) is 12.3 Å². The molecule has 0 rings (SSSR count). The van der Waals surface area contributed by atoms with Crippen LogP contribution >= 0.6 is 0 Å². The van der Waals surface area contributed by atoms with E-state index in [2.05, 4.69) is 13.5 Å². The Hall–Kier alpha value is -1.23. The number of halogens is 11. The van der Waals surface area contributed by atoms with Crippen LogP contribution in [0.3, 0.4) is 0 Å². The van der Waals surface area contributed by atoms with Gasteiger partial charge in [0, 0.05) is 13.6 Å². The SMILES string of the molecule is C=C(N(C)CCCCCCCCCCCC)C(F)(F)C(F)(F)C(F)(F)C(F)(F)C(F)(F)F. The molecule has 0 spiro atoms. The summed E-state index contributed by atoms with van der Waals surface area (Å²) in [7, 11) is 0.792. The molecule has 0 N–H and O–H groups in total. The minimum absolute atomic E-state index is 0.183. The van der Waals surface area contributed by atoms with Gasteiger partial charge < -0.3 is 4.90 Å². The fourth-order valence-electron chi connectivity index (χ4n) is 2.96. The van der Waals surface area contributed by atoms with E-state index in [9.17, 15) is 48.3 Å². The van der Waals surface area contributed by atoms with Gasteiger partial charge in [-0.05, 0) is 6.42 Å². The summed E-state index contributed by atoms with van der Waals surface area (Å²) in [5.74, 6) is -27.9. The first-order valence-electron chi connectivity index (χ1n) is 10.4. The van der Waals surface area contributed by atoms with Crippen molar-refractivity contribution in [1.29, 1.82) is 0 Å². The molecule has 1 nitrogen and oxygen atoms in total. The maximum atomic E-state index is 14.0. The van der Waals surface area contributed by atoms with Gasteiger partial charge in [0.1, 0.15) is 0 Å². The highest BCUT2D eigenvalue weighted by Crippen LogP contribution is 2.58. The van der Waals surface area contributed by atoms with Gasteiger partial charge in [-0.3, -0.25) is 0 Å². The monoisotopic (exact) mass is 493 g/mol. The van der Waals surface area contributed by atoms with E-state index >= 15 is 0 Å². The van der Waals surface area contributed by atoms with Crippen LogP contribution in [0.1, 0.15) is 71.1 Å². The maximum absolute atomic E-state index is 14.0. The minimum atomic E-state index is -7.41. The quantitative estimate of drug-likeness (QED) is 0.154. The van der Waals surface area contributed by atoms with Gasteiger partial charge >= 0.3 is 29.9 Å². The van der Waals surface area contributed by atoms with Crippen LogP contribution in [0, 0.1) is 0 Å². The molecule has 0 aliphatic carbocycles. The molecule has 0 aliphatic heterocycles. The number of hydrogen-bond donors (Lipinski definition) is 0. The number of allylic oxidation sites excluding steroid dienone is 1. The van der Waals surface area contributed by atoms with Gasteiger partial charge in [0.15, 0.2) is 0 Å². The number of unbranched alkanes of at least 4 members (excludes halogenated alkanes) is 9. The fourth-order valence-corrected chi connectivity index (χ4v) is 2.96. The Morgan fingerprint density at radius 3 is 1.34 bits per heavy atom. The zero-order valence-electron chi connectivity index (χ0n) is 18.1. The fraction of sp³-hybridized carbons (Fsp3) is 0.900. The molecule has 0 aliphatic rings. The van der Waals surface area contributed by atoms with Crippen molar-refractivity contribution in [1.82, 2.24) is 4.90 Å². The molecule has 0 amide bonds. The molecule has 0 aromatic rings. The van der Waals surface area contributed by atoms with Gasteiger partial charge in [-0.1, -0.05) is 71.3 Å². The van der Waals surface area contributed by atoms with Crippen LogP contribution in [0.25, 0.3) is 0 Å². The molecule has 12 heteroatoms. The molecule has 192 valence electrons. The number of rotatable bonds is 16. The van der Waals surface area contributed by atoms with Crippen molar-refractivity contribution in [2.24, 2.45) is 0 Å². The summed E-state index contributed by atoms with van der Waals surface area (Å²) in [6.45, 7) is 4.29. The Balaban J connectivity index is 4.84. The number of alkyl halides is 11. The summed E-state index contributed by atoms with van der Waals surface area (Å²) in [4.78, 5) is 0.362. The second-order valence-corrected chi connectivity index (χ2v) is 7.85. The van der Waals surface area contributed by atoms with E-state index in [-0.39, 0.29) is 13.0 Å². The van der Waals surface area contributed by atoms with E-state index in [0.29, 0.717) is 17.7 Å². The van der Waals surface area contributed by atoms with Crippen molar-refractivity contribution in [2.75, 3.05) is 13.6 Å². The average Bonchev–Trinajstić information content (AvgIpc) is 2.67. The van der Waals surface area contributed by atoms with E-state index in [1.165, 1.54) is 0 Å². The molecule has 0 aromatic carbocycles. The number of hydrogen-bond acceptors (Lipinski definition) is 1. The molecule has 0 radical (unpaired) electrons. The van der Waals surface area contributed by atoms with Crippen molar-refractivity contribution in [2.45, 2.75) is 101 Å². The summed E-state index contributed by atoms with van der Waals surface area (Å²) in [6, 6.07) is 0. The Bertz CT molecular complexity index is 570. The lowest BCUT2D eigenvalue weighted by atomic mass is 9.96. The van der Waals surface area contributed by atoms with Gasteiger partial charge in [-0.25, -0.2) is 0 Å². The average molecular weight is 493 g/mol. The van der Waals surface area contributed by atoms with Crippen LogP contribution in [-0.2, 0) is 0 Å². The van der Waals surface area contributed by atoms with Crippen LogP contribution in [-0.4, -0.2) is 48.4 Å². The van der Waals surface area contributed by atoms with E-state index in [1.807, 2.05) is 0 Å². The Labute approximate surface area is 181 Å². The molecule has 0 heterocycles. The van der Waals surface area contributed by atoms with Gasteiger partial charge in [0.05, 0.1) is 5.70 Å². The van der Waals surface area contributed by atoms with Crippen molar-refractivity contribution < 1.29 is 48.3 Å². The van der Waals surface area contributed by atoms with Gasteiger partial charge in [-0.2, -0.15) is 48.3 Å². The van der Waals surface area contributed by atoms with E-state index in [1.54, 1.807) is 0 Å². The molecule has 0 fully saturated rings. The first kappa shape index (κ1) is 30.8. The molecule has 0 saturated carbocycles. The second-order valence-electron chi connectivity index (χ2n) is 7.85. The number of nitrogens with zero attached hydrogens (tertiary/aromatic N) is 1. The van der Waals surface area contributed by atoms with Gasteiger partial charge in [0.25, 0.3) is 0 Å². The van der Waals surface area contributed by atoms with Crippen molar-refractivity contribution >= 4 is 0 Å². The lowest BCUT2D eigenvalue weighted by Crippen LogP contribution is -2.67. The summed E-state index contributed by atoms with van der Waals surface area (Å²) >= 11 is 0. The molecular formula is C20H30F11N. The molecule has 0 unspecified atom stereocenters. The lowest BCUT2D eigenvalue weighted by molar-refractivity contribution is -0.419. The molecule has 0 atom stereocenters. The van der Waals surface area contributed by atoms with Crippen molar-refractivity contribution in [3.8, 4) is 0 Å². The third-order valence-corrected chi connectivity index (χ3v) is 5.21. The topological polar surface area (TPSA) is 3.24 Å². The Kier molecular flexibility index (Phi) is 11.3. The predicted molar refractivity (Wildman–Crippen MR) is 99.5 cm³/mol. The van der Waals surface area contributed by atoms with Gasteiger partial charge in [0.2, 0.25) is 0 Å². The maximum Gasteiger partial charge on any atom is 0.460 e. The third-order valence-electron chi connectivity index (χ3n) is 5.21. The smallest absolute Gasteiger partial charge is 0.373 e. The standard InChI is InChI=1S/C20H30F11N/c1-4-5-6-7-8-9-10-11-12-13-14-32(3)15(2)16(21,22)17(23,24)18(25,26)19(27,28)20(29,30)31/h2,4-14H2,1,3H3. The molecule has 0 aromatic heterocycles. The van der Waals surface area contributed by atoms with Crippen LogP contribution in [0.4, 0.5) is 48.3 Å². The lowest BCUT2D eigenvalue weighted by Gasteiger charge is -2.39. The first-order valence-corrected chi connectivity index (χ1v) is 10.4. The van der Waals surface area contributed by atoms with Crippen LogP contribution in [0.15, 0.2) is 12.3 Å². The summed E-state index contributed by atoms with van der Waals surface area (Å²) < 4.78 is 144. The molecular weight excluding hydrogens is 463 g/mol. The highest BCUT2D eigenvalue weighted by Gasteiger charge is 2.87. The largest absolute Gasteiger partial charge is 0.460 e. The second kappa shape index (κ2) is 11.8. The summed E-state index contributed by atoms with van der Waals surface area (Å²) in [6.07, 6.45) is 1.56. The highest BCUT2D eigenvalue weighted by molar-refractivity contribution is 5.18. The zero-order valence-corrected chi connectivity index (χ0v) is 18.1. The minimum Gasteiger partial charge on any atom is -0.373 e. The zero-order chi connectivity index (χ0) is 25.4. The molecule has 32 heavy (non-hydrogen) atoms. The van der Waals surface area contributed by atoms with Crippen LogP contribution < -0.4 is 0 Å². The normalized spacial score (nSPS) is 14.0. The van der Waals surface area contributed by atoms with Crippen LogP contribution in [0.2, 0.25) is 0 Å². The summed E-state index contributed by atoms with van der Waals surface area (Å²) in [5, 5.41) is 0. The Morgan fingerprint density at radius 2 is 0.969 bits per heavy atom.